The van der Waals surface area contributed by atoms with E-state index in [2.05, 4.69) is 6.58 Å². The molecule has 4 rings (SSSR count). The van der Waals surface area contributed by atoms with Gasteiger partial charge in [-0.1, -0.05) is 27.4 Å². The normalized spacial score (nSPS) is 42.8. The number of ketones is 1. The van der Waals surface area contributed by atoms with Crippen LogP contribution in [0.3, 0.4) is 0 Å². The van der Waals surface area contributed by atoms with E-state index in [0.29, 0.717) is 18.4 Å². The summed E-state index contributed by atoms with van der Waals surface area (Å²) in [6.07, 6.45) is -4.55. The molecule has 1 spiro atoms. The van der Waals surface area contributed by atoms with E-state index in [9.17, 15) is 29.1 Å². The standard InChI is InChI=1S/C28H38O10/c1-12-17-9-19(35-13(2)29)22-27(8)21(18(33)11-28(22,10-17)24(12)37-15(4)31)26(6,7)25(38-16(5)32)20(23(27)34)36-14(3)30/h17,19-25,34H,1,9-11H2,2-8H3. The molecule has 4 saturated carbocycles. The summed E-state index contributed by atoms with van der Waals surface area (Å²) in [7, 11) is 0. The van der Waals surface area contributed by atoms with Crippen LogP contribution in [-0.2, 0) is 42.9 Å². The molecule has 0 aromatic rings. The molecule has 0 radical (unpaired) electrons. The maximum Gasteiger partial charge on any atom is 0.303 e. The maximum atomic E-state index is 14.2. The molecule has 2 bridgehead atoms. The molecule has 10 heteroatoms. The molecule has 0 saturated heterocycles. The van der Waals surface area contributed by atoms with Gasteiger partial charge < -0.3 is 24.1 Å². The molecular weight excluding hydrogens is 496 g/mol. The van der Waals surface area contributed by atoms with Gasteiger partial charge in [-0.3, -0.25) is 24.0 Å². The van der Waals surface area contributed by atoms with Gasteiger partial charge in [0.2, 0.25) is 0 Å². The SMILES string of the molecule is C=C1C2CC(OC(C)=O)C3C(CC(=O)C4C(C)(C)C(OC(C)=O)C(OC(C)=O)C(O)C43C)(C2)C1OC(C)=O. The first-order valence-electron chi connectivity index (χ1n) is 13.1. The summed E-state index contributed by atoms with van der Waals surface area (Å²) in [4.78, 5) is 63.0. The summed E-state index contributed by atoms with van der Waals surface area (Å²) in [5, 5.41) is 12.1. The fourth-order valence-corrected chi connectivity index (χ4v) is 8.92. The third-order valence-electron chi connectivity index (χ3n) is 9.56. The predicted octanol–water partition coefficient (Wildman–Crippen LogP) is 2.29. The minimum absolute atomic E-state index is 0.00429. The van der Waals surface area contributed by atoms with Crippen molar-refractivity contribution < 1.29 is 48.0 Å². The lowest BCUT2D eigenvalue weighted by molar-refractivity contribution is -0.285. The summed E-state index contributed by atoms with van der Waals surface area (Å²) >= 11 is 0. The Labute approximate surface area is 222 Å². The Hall–Kier alpha value is -2.75. The Kier molecular flexibility index (Phi) is 6.82. The Morgan fingerprint density at radius 2 is 1.45 bits per heavy atom. The number of rotatable bonds is 4. The summed E-state index contributed by atoms with van der Waals surface area (Å²) < 4.78 is 22.9. The Bertz CT molecular complexity index is 1090. The zero-order valence-corrected chi connectivity index (χ0v) is 23.1. The highest BCUT2D eigenvalue weighted by molar-refractivity contribution is 5.86. The number of Topliss-reactive ketones (excluding diaryl/α,β-unsaturated/α-hetero) is 1. The van der Waals surface area contributed by atoms with Crippen molar-refractivity contribution in [3.63, 3.8) is 0 Å². The molecule has 0 amide bonds. The van der Waals surface area contributed by atoms with Gasteiger partial charge in [0.05, 0.1) is 0 Å². The molecule has 0 aromatic heterocycles. The number of hydrogen-bond acceptors (Lipinski definition) is 10. The van der Waals surface area contributed by atoms with Crippen LogP contribution in [0.5, 0.6) is 0 Å². The summed E-state index contributed by atoms with van der Waals surface area (Å²) in [5.74, 6) is -4.25. The average molecular weight is 535 g/mol. The number of carbonyl (C=O) groups excluding carboxylic acids is 5. The average Bonchev–Trinajstić information content (AvgIpc) is 2.94. The summed E-state index contributed by atoms with van der Waals surface area (Å²) in [6.45, 7) is 14.5. The number of ether oxygens (including phenoxy) is 4. The maximum absolute atomic E-state index is 14.2. The Morgan fingerprint density at radius 1 is 0.895 bits per heavy atom. The monoisotopic (exact) mass is 534 g/mol. The minimum Gasteiger partial charge on any atom is -0.462 e. The van der Waals surface area contributed by atoms with E-state index in [1.54, 1.807) is 20.8 Å². The van der Waals surface area contributed by atoms with Crippen molar-refractivity contribution >= 4 is 29.7 Å². The second-order valence-electron chi connectivity index (χ2n) is 12.4. The molecule has 210 valence electrons. The molecule has 38 heavy (non-hydrogen) atoms. The fourth-order valence-electron chi connectivity index (χ4n) is 8.92. The fraction of sp³-hybridized carbons (Fsp3) is 0.750. The molecule has 10 unspecified atom stereocenters. The Balaban J connectivity index is 1.97. The topological polar surface area (TPSA) is 143 Å². The van der Waals surface area contributed by atoms with Crippen molar-refractivity contribution in [2.75, 3.05) is 0 Å². The van der Waals surface area contributed by atoms with E-state index in [-0.39, 0.29) is 18.1 Å². The lowest BCUT2D eigenvalue weighted by Crippen LogP contribution is -2.75. The lowest BCUT2D eigenvalue weighted by Gasteiger charge is -2.67. The van der Waals surface area contributed by atoms with Crippen LogP contribution in [0.15, 0.2) is 12.2 Å². The van der Waals surface area contributed by atoms with Gasteiger partial charge >= 0.3 is 23.9 Å². The van der Waals surface area contributed by atoms with Crippen LogP contribution in [0.1, 0.15) is 67.7 Å². The van der Waals surface area contributed by atoms with Gasteiger partial charge in [-0.25, -0.2) is 0 Å². The first kappa shape index (κ1) is 28.3. The molecule has 10 nitrogen and oxygen atoms in total. The van der Waals surface area contributed by atoms with Gasteiger partial charge in [-0.15, -0.1) is 0 Å². The highest BCUT2D eigenvalue weighted by Gasteiger charge is 2.77. The van der Waals surface area contributed by atoms with Gasteiger partial charge in [-0.05, 0) is 24.3 Å². The molecule has 0 aliphatic heterocycles. The second-order valence-corrected chi connectivity index (χ2v) is 12.4. The number of esters is 4. The zero-order chi connectivity index (χ0) is 28.5. The van der Waals surface area contributed by atoms with Crippen LogP contribution in [0, 0.1) is 34.0 Å². The first-order valence-corrected chi connectivity index (χ1v) is 13.1. The molecule has 0 heterocycles. The number of carbonyl (C=O) groups is 5. The van der Waals surface area contributed by atoms with Crippen molar-refractivity contribution in [1.29, 1.82) is 0 Å². The van der Waals surface area contributed by atoms with E-state index >= 15 is 0 Å². The summed E-state index contributed by atoms with van der Waals surface area (Å²) in [6, 6.07) is 0. The largest absolute Gasteiger partial charge is 0.462 e. The number of fused-ring (bicyclic) bond motifs is 3. The summed E-state index contributed by atoms with van der Waals surface area (Å²) in [5.41, 5.74) is -2.72. The van der Waals surface area contributed by atoms with E-state index in [1.807, 2.05) is 0 Å². The third kappa shape index (κ3) is 3.98. The van der Waals surface area contributed by atoms with Gasteiger partial charge in [-0.2, -0.15) is 0 Å². The van der Waals surface area contributed by atoms with Crippen molar-refractivity contribution in [3.05, 3.63) is 12.2 Å². The van der Waals surface area contributed by atoms with E-state index in [0.717, 1.165) is 0 Å². The van der Waals surface area contributed by atoms with Crippen LogP contribution >= 0.6 is 0 Å². The van der Waals surface area contributed by atoms with Crippen molar-refractivity contribution in [3.8, 4) is 0 Å². The number of hydrogen-bond donors (Lipinski definition) is 1. The molecular formula is C28H38O10. The van der Waals surface area contributed by atoms with Crippen molar-refractivity contribution in [1.82, 2.24) is 0 Å². The molecule has 0 aromatic carbocycles. The quantitative estimate of drug-likeness (QED) is 0.324. The van der Waals surface area contributed by atoms with Crippen LogP contribution in [0.25, 0.3) is 0 Å². The van der Waals surface area contributed by atoms with Crippen LogP contribution in [0.2, 0.25) is 0 Å². The molecule has 4 aliphatic rings. The predicted molar refractivity (Wildman–Crippen MR) is 131 cm³/mol. The Morgan fingerprint density at radius 3 is 1.97 bits per heavy atom. The van der Waals surface area contributed by atoms with E-state index < -0.39 is 82.5 Å². The molecule has 10 atom stereocenters. The van der Waals surface area contributed by atoms with Crippen molar-refractivity contribution in [2.24, 2.45) is 34.0 Å². The molecule has 4 fully saturated rings. The van der Waals surface area contributed by atoms with Crippen LogP contribution in [-0.4, -0.2) is 65.3 Å². The van der Waals surface area contributed by atoms with Gasteiger partial charge in [0.15, 0.2) is 6.10 Å². The lowest BCUT2D eigenvalue weighted by atomic mass is 9.38. The van der Waals surface area contributed by atoms with Crippen LogP contribution < -0.4 is 0 Å². The second kappa shape index (κ2) is 9.17. The number of aliphatic hydroxyl groups is 1. The third-order valence-corrected chi connectivity index (χ3v) is 9.56. The molecule has 4 aliphatic carbocycles. The molecule has 1 N–H and O–H groups in total. The van der Waals surface area contributed by atoms with Crippen LogP contribution in [0.4, 0.5) is 0 Å². The van der Waals surface area contributed by atoms with E-state index in [4.69, 9.17) is 18.9 Å². The highest BCUT2D eigenvalue weighted by Crippen LogP contribution is 2.72. The van der Waals surface area contributed by atoms with Gasteiger partial charge in [0.1, 0.15) is 30.2 Å². The minimum atomic E-state index is -1.47. The zero-order valence-electron chi connectivity index (χ0n) is 23.1. The highest BCUT2D eigenvalue weighted by atomic mass is 16.6. The van der Waals surface area contributed by atoms with Crippen molar-refractivity contribution in [2.45, 2.75) is 98.2 Å². The first-order chi connectivity index (χ1) is 17.5. The van der Waals surface area contributed by atoms with Gasteiger partial charge in [0.25, 0.3) is 0 Å². The van der Waals surface area contributed by atoms with E-state index in [1.165, 1.54) is 27.7 Å². The van der Waals surface area contributed by atoms with Gasteiger partial charge in [0, 0.05) is 62.2 Å². The smallest absolute Gasteiger partial charge is 0.303 e. The number of aliphatic hydroxyl groups excluding tert-OH is 1.